The number of nitrogens with zero attached hydrogens (tertiary/aromatic N) is 4. The first-order valence-corrected chi connectivity index (χ1v) is 6.21. The van der Waals surface area contributed by atoms with Crippen molar-refractivity contribution in [3.05, 3.63) is 18.1 Å². The van der Waals surface area contributed by atoms with Crippen LogP contribution in [0.1, 0.15) is 10.5 Å². The molecule has 2 rings (SSSR count). The summed E-state index contributed by atoms with van der Waals surface area (Å²) in [5.41, 5.74) is 6.03. The van der Waals surface area contributed by atoms with Gasteiger partial charge in [-0.2, -0.15) is 0 Å². The van der Waals surface area contributed by atoms with Crippen LogP contribution < -0.4 is 10.6 Å². The van der Waals surface area contributed by atoms with Gasteiger partial charge in [0.25, 0.3) is 0 Å². The first-order chi connectivity index (χ1) is 9.15. The van der Waals surface area contributed by atoms with Gasteiger partial charge < -0.3 is 20.3 Å². The van der Waals surface area contributed by atoms with E-state index < -0.39 is 5.97 Å². The summed E-state index contributed by atoms with van der Waals surface area (Å²) < 4.78 is 4.66. The van der Waals surface area contributed by atoms with Crippen LogP contribution in [-0.4, -0.2) is 67.2 Å². The molecule has 1 fully saturated rings. The minimum atomic E-state index is -0.479. The zero-order valence-electron chi connectivity index (χ0n) is 11.2. The molecule has 0 saturated carbocycles. The van der Waals surface area contributed by atoms with Gasteiger partial charge in [-0.05, 0) is 7.05 Å². The molecule has 1 atom stereocenters. The Morgan fingerprint density at radius 3 is 3.00 bits per heavy atom. The lowest BCUT2D eigenvalue weighted by Gasteiger charge is -2.40. The van der Waals surface area contributed by atoms with Gasteiger partial charge in [0.2, 0.25) is 0 Å². The summed E-state index contributed by atoms with van der Waals surface area (Å²) in [7, 11) is 3.39. The molecular weight excluding hydrogens is 246 g/mol. The Hall–Kier alpha value is -1.73. The second kappa shape index (κ2) is 5.94. The number of esters is 1. The van der Waals surface area contributed by atoms with Gasteiger partial charge in [-0.1, -0.05) is 0 Å². The first kappa shape index (κ1) is 13.7. The molecule has 0 radical (unpaired) electrons. The molecule has 0 amide bonds. The number of carbonyl (C=O) groups excluding carboxylic acids is 1. The Morgan fingerprint density at radius 1 is 1.53 bits per heavy atom. The Morgan fingerprint density at radius 2 is 2.32 bits per heavy atom. The second-order valence-corrected chi connectivity index (χ2v) is 4.60. The van der Waals surface area contributed by atoms with Crippen LogP contribution in [0, 0.1) is 0 Å². The highest BCUT2D eigenvalue weighted by Gasteiger charge is 2.26. The lowest BCUT2D eigenvalue weighted by atomic mass is 10.2. The molecule has 1 aliphatic heterocycles. The minimum absolute atomic E-state index is 0.181. The maximum Gasteiger partial charge on any atom is 0.358 e. The van der Waals surface area contributed by atoms with E-state index in [9.17, 15) is 4.79 Å². The van der Waals surface area contributed by atoms with Gasteiger partial charge in [0, 0.05) is 26.2 Å². The number of methoxy groups -OCH3 is 1. The van der Waals surface area contributed by atoms with Crippen molar-refractivity contribution in [2.45, 2.75) is 6.04 Å². The zero-order valence-corrected chi connectivity index (χ0v) is 11.2. The van der Waals surface area contributed by atoms with Crippen LogP contribution in [0.5, 0.6) is 0 Å². The van der Waals surface area contributed by atoms with Crippen LogP contribution in [0.3, 0.4) is 0 Å². The zero-order chi connectivity index (χ0) is 13.8. The van der Waals surface area contributed by atoms with Crippen molar-refractivity contribution in [1.82, 2.24) is 14.9 Å². The summed E-state index contributed by atoms with van der Waals surface area (Å²) in [4.78, 5) is 24.2. The van der Waals surface area contributed by atoms with Gasteiger partial charge in [-0.3, -0.25) is 4.98 Å². The molecule has 0 spiro atoms. The molecule has 1 saturated heterocycles. The molecule has 1 unspecified atom stereocenters. The van der Waals surface area contributed by atoms with Crippen molar-refractivity contribution in [2.24, 2.45) is 5.73 Å². The van der Waals surface area contributed by atoms with E-state index in [1.54, 1.807) is 6.20 Å². The van der Waals surface area contributed by atoms with Crippen molar-refractivity contribution >= 4 is 11.8 Å². The quantitative estimate of drug-likeness (QED) is 0.726. The molecule has 0 aromatic carbocycles. The van der Waals surface area contributed by atoms with E-state index in [1.165, 1.54) is 13.3 Å². The molecule has 0 aliphatic carbocycles. The fourth-order valence-electron chi connectivity index (χ4n) is 2.21. The number of piperazine rings is 1. The number of nitrogens with two attached hydrogens (primary N) is 1. The summed E-state index contributed by atoms with van der Waals surface area (Å²) in [5, 5.41) is 0. The van der Waals surface area contributed by atoms with Crippen molar-refractivity contribution in [3.8, 4) is 0 Å². The van der Waals surface area contributed by atoms with Crippen molar-refractivity contribution < 1.29 is 9.53 Å². The Balaban J connectivity index is 2.23. The molecule has 7 heteroatoms. The van der Waals surface area contributed by atoms with Crippen LogP contribution in [-0.2, 0) is 4.74 Å². The van der Waals surface area contributed by atoms with Crippen LogP contribution in [0.15, 0.2) is 12.4 Å². The minimum Gasteiger partial charge on any atom is -0.464 e. The molecule has 19 heavy (non-hydrogen) atoms. The van der Waals surface area contributed by atoms with E-state index >= 15 is 0 Å². The fourth-order valence-corrected chi connectivity index (χ4v) is 2.21. The van der Waals surface area contributed by atoms with Gasteiger partial charge in [0.05, 0.1) is 25.5 Å². The molecule has 1 aliphatic rings. The average Bonchev–Trinajstić information content (AvgIpc) is 2.46. The third kappa shape index (κ3) is 2.99. The predicted octanol–water partition coefficient (Wildman–Crippen LogP) is -0.658. The normalized spacial score (nSPS) is 20.4. The molecule has 1 aromatic rings. The standard InChI is InChI=1S/C12H19N5O2/c1-16-3-4-17(9(5-13)8-16)11-7-14-6-10(15-11)12(18)19-2/h6-7,9H,3-5,8,13H2,1-2H3. The van der Waals surface area contributed by atoms with Gasteiger partial charge in [-0.15, -0.1) is 0 Å². The van der Waals surface area contributed by atoms with Crippen molar-refractivity contribution in [3.63, 3.8) is 0 Å². The topological polar surface area (TPSA) is 84.6 Å². The van der Waals surface area contributed by atoms with E-state index in [-0.39, 0.29) is 11.7 Å². The SMILES string of the molecule is COC(=O)c1cncc(N2CCN(C)CC2CN)n1. The van der Waals surface area contributed by atoms with Crippen LogP contribution in [0.2, 0.25) is 0 Å². The molecule has 104 valence electrons. The van der Waals surface area contributed by atoms with Crippen LogP contribution >= 0.6 is 0 Å². The van der Waals surface area contributed by atoms with E-state index in [0.717, 1.165) is 19.6 Å². The Kier molecular flexibility index (Phi) is 4.28. The van der Waals surface area contributed by atoms with Crippen LogP contribution in [0.25, 0.3) is 0 Å². The number of hydrogen-bond donors (Lipinski definition) is 1. The summed E-state index contributed by atoms with van der Waals surface area (Å²) in [6, 6.07) is 0.181. The largest absolute Gasteiger partial charge is 0.464 e. The third-order valence-electron chi connectivity index (χ3n) is 3.27. The number of rotatable bonds is 3. The van der Waals surface area contributed by atoms with E-state index in [2.05, 4.69) is 31.6 Å². The number of likely N-dealkylation sites (N-methyl/N-ethyl adjacent to an activating group) is 1. The predicted molar refractivity (Wildman–Crippen MR) is 71.1 cm³/mol. The highest BCUT2D eigenvalue weighted by atomic mass is 16.5. The van der Waals surface area contributed by atoms with Crippen LogP contribution in [0.4, 0.5) is 5.82 Å². The third-order valence-corrected chi connectivity index (χ3v) is 3.27. The maximum absolute atomic E-state index is 11.5. The number of anilines is 1. The molecule has 2 heterocycles. The maximum atomic E-state index is 11.5. The highest BCUT2D eigenvalue weighted by molar-refractivity contribution is 5.87. The van der Waals surface area contributed by atoms with Gasteiger partial charge in [0.1, 0.15) is 5.82 Å². The van der Waals surface area contributed by atoms with Gasteiger partial charge in [0.15, 0.2) is 5.69 Å². The molecule has 2 N–H and O–H groups in total. The van der Waals surface area contributed by atoms with Gasteiger partial charge in [-0.25, -0.2) is 9.78 Å². The summed E-state index contributed by atoms with van der Waals surface area (Å²) >= 11 is 0. The van der Waals surface area contributed by atoms with E-state index in [0.29, 0.717) is 12.4 Å². The lowest BCUT2D eigenvalue weighted by Crippen LogP contribution is -2.55. The molecule has 1 aromatic heterocycles. The Bertz CT molecular complexity index is 454. The number of aromatic nitrogens is 2. The molecule has 0 bridgehead atoms. The Labute approximate surface area is 112 Å². The number of carbonyl (C=O) groups is 1. The summed E-state index contributed by atoms with van der Waals surface area (Å²) in [6.07, 6.45) is 3.06. The van der Waals surface area contributed by atoms with Crippen molar-refractivity contribution in [1.29, 1.82) is 0 Å². The summed E-state index contributed by atoms with van der Waals surface area (Å²) in [5.74, 6) is 0.194. The van der Waals surface area contributed by atoms with E-state index in [4.69, 9.17) is 5.73 Å². The first-order valence-electron chi connectivity index (χ1n) is 6.21. The van der Waals surface area contributed by atoms with E-state index in [1.807, 2.05) is 0 Å². The summed E-state index contributed by atoms with van der Waals surface area (Å²) in [6.45, 7) is 3.16. The van der Waals surface area contributed by atoms with Crippen molar-refractivity contribution in [2.75, 3.05) is 45.2 Å². The molecular formula is C12H19N5O2. The van der Waals surface area contributed by atoms with Gasteiger partial charge >= 0.3 is 5.97 Å². The number of ether oxygens (including phenoxy) is 1. The average molecular weight is 265 g/mol. The monoisotopic (exact) mass is 265 g/mol. The highest BCUT2D eigenvalue weighted by Crippen LogP contribution is 2.17. The fraction of sp³-hybridized carbons (Fsp3) is 0.583. The number of hydrogen-bond acceptors (Lipinski definition) is 7. The molecule has 7 nitrogen and oxygen atoms in total. The smallest absolute Gasteiger partial charge is 0.358 e. The lowest BCUT2D eigenvalue weighted by molar-refractivity contribution is 0.0593. The second-order valence-electron chi connectivity index (χ2n) is 4.60.